The van der Waals surface area contributed by atoms with E-state index in [4.69, 9.17) is 10.8 Å². The smallest absolute Gasteiger partial charge is 0.355 e. The largest absolute Gasteiger partial charge is 0.476 e. The second kappa shape index (κ2) is 3.45. The molecular weight excluding hydrogens is 164 g/mol. The number of carbonyl (C=O) groups is 1. The fourth-order valence-corrected chi connectivity index (χ4v) is 1.44. The van der Waals surface area contributed by atoms with Gasteiger partial charge in [0, 0.05) is 11.8 Å². The Balaban J connectivity index is 2.73. The molecular formula is C6H8N2O2S. The number of aromatic carboxylic acids is 1. The van der Waals surface area contributed by atoms with Crippen LogP contribution >= 0.6 is 11.3 Å². The Morgan fingerprint density at radius 3 is 3.00 bits per heavy atom. The van der Waals surface area contributed by atoms with Crippen molar-refractivity contribution < 1.29 is 9.90 Å². The van der Waals surface area contributed by atoms with Gasteiger partial charge in [0.05, 0.1) is 5.01 Å². The SMILES string of the molecule is NCCc1nc(C(=O)O)cs1. The normalized spacial score (nSPS) is 9.91. The van der Waals surface area contributed by atoms with Crippen LogP contribution in [0.5, 0.6) is 0 Å². The summed E-state index contributed by atoms with van der Waals surface area (Å²) in [5.41, 5.74) is 5.37. The van der Waals surface area contributed by atoms with Crippen LogP contribution < -0.4 is 5.73 Å². The van der Waals surface area contributed by atoms with Crippen LogP contribution in [0.4, 0.5) is 0 Å². The summed E-state index contributed by atoms with van der Waals surface area (Å²) >= 11 is 1.33. The van der Waals surface area contributed by atoms with Gasteiger partial charge in [0.15, 0.2) is 5.69 Å². The predicted octanol–water partition coefficient (Wildman–Crippen LogP) is 0.342. The van der Waals surface area contributed by atoms with Crippen molar-refractivity contribution in [1.82, 2.24) is 4.98 Å². The molecule has 4 nitrogen and oxygen atoms in total. The Morgan fingerprint density at radius 1 is 1.82 bits per heavy atom. The molecule has 5 heteroatoms. The molecule has 0 aliphatic carbocycles. The minimum absolute atomic E-state index is 0.110. The molecule has 0 atom stereocenters. The van der Waals surface area contributed by atoms with E-state index in [2.05, 4.69) is 4.98 Å². The molecule has 0 saturated carbocycles. The maximum atomic E-state index is 10.3. The van der Waals surface area contributed by atoms with Gasteiger partial charge in [-0.15, -0.1) is 11.3 Å². The molecule has 1 aromatic rings. The van der Waals surface area contributed by atoms with Crippen molar-refractivity contribution in [3.8, 4) is 0 Å². The van der Waals surface area contributed by atoms with Crippen molar-refractivity contribution in [3.63, 3.8) is 0 Å². The maximum absolute atomic E-state index is 10.3. The minimum atomic E-state index is -0.982. The Labute approximate surface area is 67.7 Å². The van der Waals surface area contributed by atoms with E-state index in [1.807, 2.05) is 0 Å². The van der Waals surface area contributed by atoms with E-state index in [1.165, 1.54) is 16.7 Å². The predicted molar refractivity (Wildman–Crippen MR) is 41.8 cm³/mol. The lowest BCUT2D eigenvalue weighted by Crippen LogP contribution is -2.03. The molecule has 1 aromatic heterocycles. The first kappa shape index (κ1) is 8.16. The van der Waals surface area contributed by atoms with Crippen molar-refractivity contribution in [1.29, 1.82) is 0 Å². The minimum Gasteiger partial charge on any atom is -0.476 e. The maximum Gasteiger partial charge on any atom is 0.355 e. The van der Waals surface area contributed by atoms with Crippen LogP contribution in [0, 0.1) is 0 Å². The first-order valence-corrected chi connectivity index (χ1v) is 3.99. The zero-order valence-electron chi connectivity index (χ0n) is 5.78. The van der Waals surface area contributed by atoms with Gasteiger partial charge in [-0.05, 0) is 6.54 Å². The summed E-state index contributed by atoms with van der Waals surface area (Å²) in [5.74, 6) is -0.982. The Morgan fingerprint density at radius 2 is 2.55 bits per heavy atom. The van der Waals surface area contributed by atoms with Gasteiger partial charge in [0.1, 0.15) is 0 Å². The van der Waals surface area contributed by atoms with E-state index in [0.717, 1.165) is 5.01 Å². The van der Waals surface area contributed by atoms with Crippen LogP contribution in [-0.4, -0.2) is 22.6 Å². The fourth-order valence-electron chi connectivity index (χ4n) is 0.647. The number of thiazole rings is 1. The quantitative estimate of drug-likeness (QED) is 0.689. The monoisotopic (exact) mass is 172 g/mol. The van der Waals surface area contributed by atoms with Crippen LogP contribution in [0.25, 0.3) is 0 Å². The van der Waals surface area contributed by atoms with Gasteiger partial charge in [-0.2, -0.15) is 0 Å². The first-order valence-electron chi connectivity index (χ1n) is 3.12. The highest BCUT2D eigenvalue weighted by Crippen LogP contribution is 2.09. The van der Waals surface area contributed by atoms with Crippen molar-refractivity contribution >= 4 is 17.3 Å². The van der Waals surface area contributed by atoms with E-state index < -0.39 is 5.97 Å². The second-order valence-electron chi connectivity index (χ2n) is 1.97. The van der Waals surface area contributed by atoms with E-state index in [1.54, 1.807) is 0 Å². The van der Waals surface area contributed by atoms with Gasteiger partial charge in [-0.3, -0.25) is 0 Å². The molecule has 1 heterocycles. The van der Waals surface area contributed by atoms with Crippen molar-refractivity contribution in [2.45, 2.75) is 6.42 Å². The number of carboxylic acid groups (broad SMARTS) is 1. The Kier molecular flexibility index (Phi) is 2.56. The molecule has 0 unspecified atom stereocenters. The molecule has 0 spiro atoms. The molecule has 0 fully saturated rings. The van der Waals surface area contributed by atoms with Gasteiger partial charge in [0.25, 0.3) is 0 Å². The molecule has 0 bridgehead atoms. The summed E-state index contributed by atoms with van der Waals surface area (Å²) in [7, 11) is 0. The third kappa shape index (κ3) is 1.99. The van der Waals surface area contributed by atoms with Crippen molar-refractivity contribution in [2.75, 3.05) is 6.54 Å². The number of hydrogen-bond acceptors (Lipinski definition) is 4. The Hall–Kier alpha value is -0.940. The van der Waals surface area contributed by atoms with Crippen LogP contribution in [0.1, 0.15) is 15.5 Å². The van der Waals surface area contributed by atoms with Crippen molar-refractivity contribution in [2.24, 2.45) is 5.73 Å². The standard InChI is InChI=1S/C6H8N2O2S/c7-2-1-5-8-4(3-11-5)6(9)10/h3H,1-2,7H2,(H,9,10). The summed E-state index contributed by atoms with van der Waals surface area (Å²) in [6, 6.07) is 0. The van der Waals surface area contributed by atoms with Crippen LogP contribution in [0.3, 0.4) is 0 Å². The fraction of sp³-hybridized carbons (Fsp3) is 0.333. The molecule has 1 rings (SSSR count). The van der Waals surface area contributed by atoms with Crippen LogP contribution in [0.2, 0.25) is 0 Å². The summed E-state index contributed by atoms with van der Waals surface area (Å²) in [4.78, 5) is 14.2. The summed E-state index contributed by atoms with van der Waals surface area (Å²) < 4.78 is 0. The first-order chi connectivity index (χ1) is 5.24. The third-order valence-electron chi connectivity index (χ3n) is 1.13. The highest BCUT2D eigenvalue weighted by atomic mass is 32.1. The molecule has 3 N–H and O–H groups in total. The molecule has 0 aliphatic heterocycles. The zero-order chi connectivity index (χ0) is 8.27. The van der Waals surface area contributed by atoms with E-state index in [-0.39, 0.29) is 5.69 Å². The van der Waals surface area contributed by atoms with Gasteiger partial charge < -0.3 is 10.8 Å². The van der Waals surface area contributed by atoms with E-state index in [9.17, 15) is 4.79 Å². The van der Waals surface area contributed by atoms with Crippen LogP contribution in [-0.2, 0) is 6.42 Å². The molecule has 0 saturated heterocycles. The summed E-state index contributed by atoms with van der Waals surface area (Å²) in [6.45, 7) is 0.507. The van der Waals surface area contributed by atoms with Gasteiger partial charge in [-0.1, -0.05) is 0 Å². The van der Waals surface area contributed by atoms with Crippen LogP contribution in [0.15, 0.2) is 5.38 Å². The second-order valence-corrected chi connectivity index (χ2v) is 2.91. The zero-order valence-corrected chi connectivity index (χ0v) is 6.60. The number of rotatable bonds is 3. The highest BCUT2D eigenvalue weighted by molar-refractivity contribution is 7.09. The van der Waals surface area contributed by atoms with Gasteiger partial charge >= 0.3 is 5.97 Å². The lowest BCUT2D eigenvalue weighted by molar-refractivity contribution is 0.0691. The molecule has 0 amide bonds. The number of hydrogen-bond donors (Lipinski definition) is 2. The van der Waals surface area contributed by atoms with E-state index >= 15 is 0 Å². The summed E-state index contributed by atoms with van der Waals surface area (Å²) in [5, 5.41) is 10.8. The Bertz CT molecular complexity index is 259. The van der Waals surface area contributed by atoms with Crippen molar-refractivity contribution in [3.05, 3.63) is 16.1 Å². The number of nitrogens with zero attached hydrogens (tertiary/aromatic N) is 1. The number of aromatic nitrogens is 1. The summed E-state index contributed by atoms with van der Waals surface area (Å²) in [6.07, 6.45) is 0.651. The van der Waals surface area contributed by atoms with E-state index in [0.29, 0.717) is 13.0 Å². The molecule has 11 heavy (non-hydrogen) atoms. The number of carboxylic acids is 1. The molecule has 0 radical (unpaired) electrons. The average molecular weight is 172 g/mol. The third-order valence-corrected chi connectivity index (χ3v) is 2.04. The van der Waals surface area contributed by atoms with Gasteiger partial charge in [0.2, 0.25) is 0 Å². The lowest BCUT2D eigenvalue weighted by Gasteiger charge is -1.86. The number of nitrogens with two attached hydrogens (primary N) is 1. The van der Waals surface area contributed by atoms with Gasteiger partial charge in [-0.25, -0.2) is 9.78 Å². The molecule has 60 valence electrons. The highest BCUT2D eigenvalue weighted by Gasteiger charge is 2.06. The average Bonchev–Trinajstić information content (AvgIpc) is 2.37. The topological polar surface area (TPSA) is 76.2 Å². The molecule has 0 aliphatic rings. The molecule has 0 aromatic carbocycles. The lowest BCUT2D eigenvalue weighted by atomic mass is 10.4.